The quantitative estimate of drug-likeness (QED) is 0.440. The maximum Gasteiger partial charge on any atom is 0.312 e. The molecule has 0 radical (unpaired) electrons. The van der Waals surface area contributed by atoms with Crippen molar-refractivity contribution >= 4 is 34.4 Å². The molecule has 0 saturated heterocycles. The third kappa shape index (κ3) is 3.73. The first-order valence-electron chi connectivity index (χ1n) is 4.11. The molecule has 1 heterocycles. The molecule has 0 fully saturated rings. The Morgan fingerprint density at radius 3 is 3.00 bits per heavy atom. The molecule has 0 aliphatic rings. The van der Waals surface area contributed by atoms with Crippen molar-refractivity contribution in [3.63, 3.8) is 0 Å². The summed E-state index contributed by atoms with van der Waals surface area (Å²) >= 11 is 1.89. The van der Waals surface area contributed by atoms with Crippen LogP contribution in [0.5, 0.6) is 0 Å². The Hall–Kier alpha value is -1.32. The molecule has 0 bridgehead atoms. The number of halogens is 1. The van der Waals surface area contributed by atoms with E-state index in [0.717, 1.165) is 0 Å². The summed E-state index contributed by atoms with van der Waals surface area (Å²) in [6, 6.07) is -0.578. The summed E-state index contributed by atoms with van der Waals surface area (Å²) in [7, 11) is 0. The van der Waals surface area contributed by atoms with E-state index in [4.69, 9.17) is 5.73 Å². The van der Waals surface area contributed by atoms with Crippen LogP contribution in [0.15, 0.2) is 11.1 Å². The zero-order valence-electron chi connectivity index (χ0n) is 7.71. The number of amides is 2. The van der Waals surface area contributed by atoms with Gasteiger partial charge in [-0.15, -0.1) is 0 Å². The lowest BCUT2D eigenvalue weighted by atomic mass is 10.5. The van der Waals surface area contributed by atoms with Gasteiger partial charge >= 0.3 is 6.03 Å². The summed E-state index contributed by atoms with van der Waals surface area (Å²) in [4.78, 5) is 27.9. The van der Waals surface area contributed by atoms with Gasteiger partial charge in [0, 0.05) is 13.1 Å². The van der Waals surface area contributed by atoms with Crippen LogP contribution in [0.3, 0.4) is 0 Å². The SMILES string of the molecule is NC(=O)NCCNc1nc[nH]c(=O)c1I. The van der Waals surface area contributed by atoms with Crippen LogP contribution in [0.1, 0.15) is 0 Å². The van der Waals surface area contributed by atoms with Gasteiger partial charge in [-0.05, 0) is 22.6 Å². The van der Waals surface area contributed by atoms with Gasteiger partial charge in [-0.25, -0.2) is 9.78 Å². The molecule has 0 atom stereocenters. The predicted octanol–water partition coefficient (Wildman–Crippen LogP) is -0.545. The Morgan fingerprint density at radius 2 is 2.33 bits per heavy atom. The molecule has 5 N–H and O–H groups in total. The highest BCUT2D eigenvalue weighted by Crippen LogP contribution is 2.07. The average molecular weight is 323 g/mol. The number of aromatic nitrogens is 2. The molecular weight excluding hydrogens is 313 g/mol. The van der Waals surface area contributed by atoms with Gasteiger partial charge in [0.05, 0.1) is 6.33 Å². The summed E-state index contributed by atoms with van der Waals surface area (Å²) in [6.07, 6.45) is 1.31. The molecular formula is C7H10IN5O2. The van der Waals surface area contributed by atoms with E-state index in [2.05, 4.69) is 20.6 Å². The van der Waals surface area contributed by atoms with E-state index in [1.807, 2.05) is 22.6 Å². The van der Waals surface area contributed by atoms with Gasteiger partial charge in [0.25, 0.3) is 5.56 Å². The highest BCUT2D eigenvalue weighted by Gasteiger charge is 2.03. The summed E-state index contributed by atoms with van der Waals surface area (Å²) in [5, 5.41) is 5.31. The first kappa shape index (κ1) is 11.8. The number of hydrogen-bond acceptors (Lipinski definition) is 4. The van der Waals surface area contributed by atoms with E-state index in [0.29, 0.717) is 22.5 Å². The molecule has 0 aliphatic carbocycles. The number of nitrogens with two attached hydrogens (primary N) is 1. The first-order chi connectivity index (χ1) is 7.11. The largest absolute Gasteiger partial charge is 0.367 e. The first-order valence-corrected chi connectivity index (χ1v) is 5.19. The highest BCUT2D eigenvalue weighted by atomic mass is 127. The summed E-state index contributed by atoms with van der Waals surface area (Å²) in [5.41, 5.74) is 4.68. The minimum Gasteiger partial charge on any atom is -0.367 e. The number of nitrogens with one attached hydrogen (secondary N) is 3. The fraction of sp³-hybridized carbons (Fsp3) is 0.286. The second-order valence-corrected chi connectivity index (χ2v) is 3.69. The number of nitrogens with zero attached hydrogens (tertiary/aromatic N) is 1. The fourth-order valence-corrected chi connectivity index (χ4v) is 1.36. The number of aromatic amines is 1. The number of H-pyrrole nitrogens is 1. The van der Waals surface area contributed by atoms with Crippen LogP contribution < -0.4 is 21.9 Å². The van der Waals surface area contributed by atoms with Crippen LogP contribution in [0.4, 0.5) is 10.6 Å². The lowest BCUT2D eigenvalue weighted by Gasteiger charge is -2.06. The molecule has 7 nitrogen and oxygen atoms in total. The van der Waals surface area contributed by atoms with Gasteiger partial charge < -0.3 is 21.4 Å². The number of carbonyl (C=O) groups is 1. The van der Waals surface area contributed by atoms with Crippen molar-refractivity contribution in [1.29, 1.82) is 0 Å². The predicted molar refractivity (Wildman–Crippen MR) is 63.7 cm³/mol. The molecule has 82 valence electrons. The summed E-state index contributed by atoms with van der Waals surface area (Å²) in [5.74, 6) is 0.491. The van der Waals surface area contributed by atoms with E-state index in [-0.39, 0.29) is 5.56 Å². The Balaban J connectivity index is 2.48. The van der Waals surface area contributed by atoms with Gasteiger partial charge in [0.2, 0.25) is 0 Å². The molecule has 0 unspecified atom stereocenters. The van der Waals surface area contributed by atoms with Crippen molar-refractivity contribution in [3.8, 4) is 0 Å². The maximum absolute atomic E-state index is 11.1. The van der Waals surface area contributed by atoms with Crippen molar-refractivity contribution in [2.24, 2.45) is 5.73 Å². The lowest BCUT2D eigenvalue weighted by molar-refractivity contribution is 0.249. The second-order valence-electron chi connectivity index (χ2n) is 2.61. The highest BCUT2D eigenvalue weighted by molar-refractivity contribution is 14.1. The molecule has 0 saturated carbocycles. The topological polar surface area (TPSA) is 113 Å². The number of anilines is 1. The molecule has 0 aromatic carbocycles. The van der Waals surface area contributed by atoms with Gasteiger partial charge in [0.15, 0.2) is 0 Å². The monoisotopic (exact) mass is 323 g/mol. The number of carbonyl (C=O) groups excluding carboxylic acids is 1. The Bertz CT molecular complexity index is 405. The van der Waals surface area contributed by atoms with Crippen LogP contribution in [0.25, 0.3) is 0 Å². The van der Waals surface area contributed by atoms with Crippen molar-refractivity contribution in [1.82, 2.24) is 15.3 Å². The van der Waals surface area contributed by atoms with Gasteiger partial charge in [-0.1, -0.05) is 0 Å². The summed E-state index contributed by atoms with van der Waals surface area (Å²) < 4.78 is 0.481. The van der Waals surface area contributed by atoms with Crippen molar-refractivity contribution in [2.75, 3.05) is 18.4 Å². The van der Waals surface area contributed by atoms with Crippen molar-refractivity contribution in [2.45, 2.75) is 0 Å². The van der Waals surface area contributed by atoms with E-state index in [1.54, 1.807) is 0 Å². The third-order valence-corrected chi connectivity index (χ3v) is 2.51. The third-order valence-electron chi connectivity index (χ3n) is 1.51. The average Bonchev–Trinajstić information content (AvgIpc) is 2.18. The van der Waals surface area contributed by atoms with Gasteiger partial charge in [-0.2, -0.15) is 0 Å². The van der Waals surface area contributed by atoms with Crippen LogP contribution in [0, 0.1) is 3.57 Å². The minimum absolute atomic E-state index is 0.198. The Kier molecular flexibility index (Phi) is 4.34. The van der Waals surface area contributed by atoms with E-state index >= 15 is 0 Å². The van der Waals surface area contributed by atoms with Crippen LogP contribution in [0.2, 0.25) is 0 Å². The van der Waals surface area contributed by atoms with E-state index < -0.39 is 6.03 Å². The molecule has 1 aromatic heterocycles. The molecule has 0 aliphatic heterocycles. The standard InChI is InChI=1S/C7H10IN5O2/c8-4-5(12-3-13-6(4)14)10-1-2-11-7(9)15/h3H,1-2H2,(H3,9,11,15)(H2,10,12,13,14). The Labute approximate surface area is 99.0 Å². The second kappa shape index (κ2) is 5.53. The molecule has 2 amide bonds. The van der Waals surface area contributed by atoms with Crippen molar-refractivity contribution < 1.29 is 4.79 Å². The van der Waals surface area contributed by atoms with Crippen molar-refractivity contribution in [3.05, 3.63) is 20.3 Å². The number of primary amides is 1. The fourth-order valence-electron chi connectivity index (χ4n) is 0.873. The van der Waals surface area contributed by atoms with Crippen LogP contribution >= 0.6 is 22.6 Å². The van der Waals surface area contributed by atoms with E-state index in [1.165, 1.54) is 6.33 Å². The summed E-state index contributed by atoms with van der Waals surface area (Å²) in [6.45, 7) is 0.829. The number of hydrogen-bond donors (Lipinski definition) is 4. The maximum atomic E-state index is 11.1. The van der Waals surface area contributed by atoms with E-state index in [9.17, 15) is 9.59 Å². The zero-order valence-corrected chi connectivity index (χ0v) is 9.87. The smallest absolute Gasteiger partial charge is 0.312 e. The molecule has 1 aromatic rings. The van der Waals surface area contributed by atoms with Crippen LogP contribution in [-0.2, 0) is 0 Å². The molecule has 15 heavy (non-hydrogen) atoms. The molecule has 1 rings (SSSR count). The van der Waals surface area contributed by atoms with Gasteiger partial charge in [-0.3, -0.25) is 4.79 Å². The Morgan fingerprint density at radius 1 is 1.60 bits per heavy atom. The normalized spacial score (nSPS) is 9.67. The van der Waals surface area contributed by atoms with Gasteiger partial charge in [0.1, 0.15) is 9.39 Å². The zero-order chi connectivity index (χ0) is 11.3. The minimum atomic E-state index is -0.578. The lowest BCUT2D eigenvalue weighted by Crippen LogP contribution is -2.33. The number of rotatable bonds is 4. The molecule has 8 heteroatoms. The molecule has 0 spiro atoms. The van der Waals surface area contributed by atoms with Crippen LogP contribution in [-0.4, -0.2) is 29.1 Å². The number of urea groups is 1.